The Balaban J connectivity index is 1.34. The predicted molar refractivity (Wildman–Crippen MR) is 150 cm³/mol. The van der Waals surface area contributed by atoms with Gasteiger partial charge in [-0.1, -0.05) is 48.5 Å². The minimum Gasteiger partial charge on any atom is -0.353 e. The van der Waals surface area contributed by atoms with Gasteiger partial charge < -0.3 is 21.7 Å². The zero-order valence-electron chi connectivity index (χ0n) is 20.7. The summed E-state index contributed by atoms with van der Waals surface area (Å²) in [6, 6.07) is 13.9. The van der Waals surface area contributed by atoms with Crippen LogP contribution in [0, 0.1) is 0 Å². The van der Waals surface area contributed by atoms with Crippen LogP contribution in [0.3, 0.4) is 0 Å². The summed E-state index contributed by atoms with van der Waals surface area (Å²) in [5.74, 6) is 0.704. The van der Waals surface area contributed by atoms with Crippen LogP contribution in [0.2, 0.25) is 10.0 Å². The van der Waals surface area contributed by atoms with Crippen molar-refractivity contribution < 1.29 is 4.79 Å². The van der Waals surface area contributed by atoms with E-state index >= 15 is 0 Å². The Kier molecular flexibility index (Phi) is 9.90. The van der Waals surface area contributed by atoms with E-state index in [1.807, 2.05) is 30.3 Å². The van der Waals surface area contributed by atoms with Crippen LogP contribution in [-0.2, 0) is 6.42 Å². The SMILES string of the molecule is NC1CCCC(NC(=NC2CCCCC2)Nc2ccc(C(=O)NCCc3ccc(Cl)cc3Cl)cc2)C1. The molecule has 2 unspecified atom stereocenters. The maximum Gasteiger partial charge on any atom is 0.251 e. The number of anilines is 1. The van der Waals surface area contributed by atoms with Crippen LogP contribution >= 0.6 is 23.2 Å². The molecular formula is C28H37Cl2N5O. The van der Waals surface area contributed by atoms with E-state index in [1.54, 1.807) is 12.1 Å². The predicted octanol–water partition coefficient (Wildman–Crippen LogP) is 5.93. The highest BCUT2D eigenvalue weighted by Gasteiger charge is 2.21. The van der Waals surface area contributed by atoms with Gasteiger partial charge in [0.1, 0.15) is 0 Å². The van der Waals surface area contributed by atoms with Gasteiger partial charge >= 0.3 is 0 Å². The summed E-state index contributed by atoms with van der Waals surface area (Å²) < 4.78 is 0. The van der Waals surface area contributed by atoms with Gasteiger partial charge in [0.15, 0.2) is 5.96 Å². The number of carbonyl (C=O) groups is 1. The Bertz CT molecular complexity index is 1040. The van der Waals surface area contributed by atoms with Crippen LogP contribution in [0.4, 0.5) is 5.69 Å². The van der Waals surface area contributed by atoms with Crippen LogP contribution in [0.1, 0.15) is 73.7 Å². The first kappa shape index (κ1) is 26.8. The van der Waals surface area contributed by atoms with Crippen molar-refractivity contribution in [3.63, 3.8) is 0 Å². The number of aliphatic imine (C=N–C) groups is 1. The van der Waals surface area contributed by atoms with E-state index in [2.05, 4.69) is 16.0 Å². The lowest BCUT2D eigenvalue weighted by atomic mass is 9.92. The average molecular weight is 531 g/mol. The molecule has 0 aromatic heterocycles. The summed E-state index contributed by atoms with van der Waals surface area (Å²) in [6.45, 7) is 0.492. The second-order valence-corrected chi connectivity index (χ2v) is 10.8. The second kappa shape index (κ2) is 13.3. The third-order valence-electron chi connectivity index (χ3n) is 7.05. The fourth-order valence-electron chi connectivity index (χ4n) is 5.03. The first-order valence-electron chi connectivity index (χ1n) is 13.2. The topological polar surface area (TPSA) is 91.5 Å². The van der Waals surface area contributed by atoms with Crippen LogP contribution in [-0.4, -0.2) is 36.5 Å². The number of halogens is 2. The van der Waals surface area contributed by atoms with Gasteiger partial charge in [0, 0.05) is 39.9 Å². The van der Waals surface area contributed by atoms with Crippen molar-refractivity contribution in [2.24, 2.45) is 10.7 Å². The minimum atomic E-state index is -0.114. The van der Waals surface area contributed by atoms with E-state index in [0.29, 0.717) is 40.7 Å². The van der Waals surface area contributed by atoms with Crippen LogP contribution in [0.5, 0.6) is 0 Å². The summed E-state index contributed by atoms with van der Waals surface area (Å²) in [7, 11) is 0. The molecule has 2 atom stereocenters. The molecule has 0 bridgehead atoms. The van der Waals surface area contributed by atoms with Crippen molar-refractivity contribution in [2.75, 3.05) is 11.9 Å². The number of nitrogens with zero attached hydrogens (tertiary/aromatic N) is 1. The summed E-state index contributed by atoms with van der Waals surface area (Å²) in [4.78, 5) is 17.7. The molecule has 1 amide bonds. The van der Waals surface area contributed by atoms with Crippen LogP contribution < -0.4 is 21.7 Å². The van der Waals surface area contributed by atoms with Gasteiger partial charge in [-0.3, -0.25) is 4.79 Å². The molecule has 4 rings (SSSR count). The van der Waals surface area contributed by atoms with Gasteiger partial charge in [-0.05, 0) is 86.9 Å². The number of hydrogen-bond donors (Lipinski definition) is 4. The number of hydrogen-bond acceptors (Lipinski definition) is 3. The first-order valence-corrected chi connectivity index (χ1v) is 13.9. The number of nitrogens with two attached hydrogens (primary N) is 1. The Labute approximate surface area is 224 Å². The van der Waals surface area contributed by atoms with Gasteiger partial charge in [-0.15, -0.1) is 0 Å². The third-order valence-corrected chi connectivity index (χ3v) is 7.63. The maximum atomic E-state index is 12.6. The zero-order valence-corrected chi connectivity index (χ0v) is 22.3. The summed E-state index contributed by atoms with van der Waals surface area (Å²) in [5, 5.41) is 11.3. The van der Waals surface area contributed by atoms with Crippen molar-refractivity contribution in [3.05, 3.63) is 63.6 Å². The molecule has 2 saturated carbocycles. The fourth-order valence-corrected chi connectivity index (χ4v) is 5.53. The molecule has 2 aromatic carbocycles. The van der Waals surface area contributed by atoms with E-state index in [0.717, 1.165) is 55.7 Å². The molecule has 0 aliphatic heterocycles. The Morgan fingerprint density at radius 3 is 2.47 bits per heavy atom. The Morgan fingerprint density at radius 2 is 1.75 bits per heavy atom. The van der Waals surface area contributed by atoms with Gasteiger partial charge in [-0.2, -0.15) is 0 Å². The lowest BCUT2D eigenvalue weighted by Gasteiger charge is -2.29. The minimum absolute atomic E-state index is 0.114. The van der Waals surface area contributed by atoms with E-state index in [-0.39, 0.29) is 11.9 Å². The van der Waals surface area contributed by atoms with E-state index in [9.17, 15) is 4.79 Å². The molecule has 0 radical (unpaired) electrons. The molecule has 2 aliphatic carbocycles. The molecule has 2 aromatic rings. The standard InChI is InChI=1S/C28H37Cl2N5O/c29-21-12-9-19(26(30)17-21)15-16-32-27(36)20-10-13-24(14-11-20)34-28(33-23-6-2-1-3-7-23)35-25-8-4-5-22(31)18-25/h9-14,17,22-23,25H,1-8,15-16,18,31H2,(H,32,36)(H2,33,34,35). The molecule has 6 nitrogen and oxygen atoms in total. The second-order valence-electron chi connectivity index (χ2n) is 9.98. The molecule has 0 spiro atoms. The van der Waals surface area contributed by atoms with Gasteiger partial charge in [-0.25, -0.2) is 4.99 Å². The fraction of sp³-hybridized carbons (Fsp3) is 0.500. The quantitative estimate of drug-likeness (QED) is 0.264. The van der Waals surface area contributed by atoms with Crippen molar-refractivity contribution >= 4 is 40.8 Å². The highest BCUT2D eigenvalue weighted by atomic mass is 35.5. The molecule has 194 valence electrons. The van der Waals surface area contributed by atoms with Crippen molar-refractivity contribution in [1.29, 1.82) is 0 Å². The largest absolute Gasteiger partial charge is 0.353 e. The highest BCUT2D eigenvalue weighted by molar-refractivity contribution is 6.35. The first-order chi connectivity index (χ1) is 17.5. The Hall–Kier alpha value is -2.28. The molecule has 5 N–H and O–H groups in total. The van der Waals surface area contributed by atoms with Crippen LogP contribution in [0.25, 0.3) is 0 Å². The molecular weight excluding hydrogens is 493 g/mol. The maximum absolute atomic E-state index is 12.6. The van der Waals surface area contributed by atoms with Crippen molar-refractivity contribution in [1.82, 2.24) is 10.6 Å². The van der Waals surface area contributed by atoms with E-state index in [1.165, 1.54) is 19.3 Å². The van der Waals surface area contributed by atoms with E-state index < -0.39 is 0 Å². The third kappa shape index (κ3) is 8.12. The molecule has 8 heteroatoms. The van der Waals surface area contributed by atoms with Gasteiger partial charge in [0.2, 0.25) is 0 Å². The summed E-state index contributed by atoms with van der Waals surface area (Å²) >= 11 is 12.2. The number of guanidine groups is 1. The number of amides is 1. The average Bonchev–Trinajstić information content (AvgIpc) is 2.86. The van der Waals surface area contributed by atoms with Crippen molar-refractivity contribution in [2.45, 2.75) is 82.3 Å². The number of rotatable bonds is 7. The zero-order chi connectivity index (χ0) is 25.3. The highest BCUT2D eigenvalue weighted by Crippen LogP contribution is 2.23. The normalized spacial score (nSPS) is 21.1. The summed E-state index contributed by atoms with van der Waals surface area (Å²) in [6.07, 6.45) is 11.0. The smallest absolute Gasteiger partial charge is 0.251 e. The number of carbonyl (C=O) groups excluding carboxylic acids is 1. The van der Waals surface area contributed by atoms with Gasteiger partial charge in [0.05, 0.1) is 6.04 Å². The molecule has 0 heterocycles. The van der Waals surface area contributed by atoms with E-state index in [4.69, 9.17) is 33.9 Å². The van der Waals surface area contributed by atoms with Gasteiger partial charge in [0.25, 0.3) is 5.91 Å². The lowest BCUT2D eigenvalue weighted by molar-refractivity contribution is 0.0954. The number of nitrogens with one attached hydrogen (secondary N) is 3. The Morgan fingerprint density at radius 1 is 0.972 bits per heavy atom. The molecule has 36 heavy (non-hydrogen) atoms. The monoisotopic (exact) mass is 529 g/mol. The lowest BCUT2D eigenvalue weighted by Crippen LogP contribution is -2.45. The molecule has 2 fully saturated rings. The molecule has 2 aliphatic rings. The summed E-state index contributed by atoms with van der Waals surface area (Å²) in [5.41, 5.74) is 8.68. The molecule has 0 saturated heterocycles. The van der Waals surface area contributed by atoms with Crippen molar-refractivity contribution in [3.8, 4) is 0 Å². The number of benzene rings is 2. The van der Waals surface area contributed by atoms with Crippen LogP contribution in [0.15, 0.2) is 47.5 Å².